The van der Waals surface area contributed by atoms with E-state index in [1.54, 1.807) is 13.0 Å². The lowest BCUT2D eigenvalue weighted by Gasteiger charge is -2.20. The highest BCUT2D eigenvalue weighted by Gasteiger charge is 2.25. The molecular weight excluding hydrogens is 316 g/mol. The largest absolute Gasteiger partial charge is 0.463 e. The van der Waals surface area contributed by atoms with Gasteiger partial charge in [0.15, 0.2) is 0 Å². The molecular formula is C18H23ClO4. The van der Waals surface area contributed by atoms with Gasteiger partial charge in [0.2, 0.25) is 0 Å². The molecule has 0 aliphatic carbocycles. The highest BCUT2D eigenvalue weighted by Crippen LogP contribution is 2.32. The van der Waals surface area contributed by atoms with E-state index in [-0.39, 0.29) is 18.2 Å². The first kappa shape index (κ1) is 18.0. The standard InChI is InChI=1S/C18H23ClO4/c1-3-6-17(23-12-13-11-22-13)15-7-5-8-16(19)14(15)9-10-18(20)21-4-2/h5,7-10,13,17H,3-4,6,11-12H2,1-2H3/b10-9+/t13?,17-/m1/s1. The molecule has 0 bridgehead atoms. The van der Waals surface area contributed by atoms with Crippen molar-refractivity contribution in [3.8, 4) is 0 Å². The number of hydrogen-bond acceptors (Lipinski definition) is 4. The highest BCUT2D eigenvalue weighted by atomic mass is 35.5. The van der Waals surface area contributed by atoms with Gasteiger partial charge in [-0.1, -0.05) is 37.1 Å². The van der Waals surface area contributed by atoms with Crippen LogP contribution in [0.25, 0.3) is 6.08 Å². The third-order valence-corrected chi connectivity index (χ3v) is 3.87. The number of rotatable bonds is 9. The quantitative estimate of drug-likeness (QED) is 0.385. The van der Waals surface area contributed by atoms with Crippen LogP contribution >= 0.6 is 11.6 Å². The Bertz CT molecular complexity index is 552. The van der Waals surface area contributed by atoms with Gasteiger partial charge < -0.3 is 14.2 Å². The number of carbonyl (C=O) groups is 1. The fourth-order valence-electron chi connectivity index (χ4n) is 2.33. The molecule has 5 heteroatoms. The molecule has 1 fully saturated rings. The van der Waals surface area contributed by atoms with Crippen LogP contribution in [0.1, 0.15) is 43.9 Å². The lowest BCUT2D eigenvalue weighted by atomic mass is 9.98. The monoisotopic (exact) mass is 338 g/mol. The molecule has 0 radical (unpaired) electrons. The van der Waals surface area contributed by atoms with Gasteiger partial charge in [-0.3, -0.25) is 0 Å². The van der Waals surface area contributed by atoms with Gasteiger partial charge >= 0.3 is 5.97 Å². The molecule has 0 spiro atoms. The van der Waals surface area contributed by atoms with Gasteiger partial charge in [0.1, 0.15) is 6.10 Å². The molecule has 0 amide bonds. The number of esters is 1. The van der Waals surface area contributed by atoms with E-state index in [1.807, 2.05) is 18.2 Å². The van der Waals surface area contributed by atoms with Crippen molar-refractivity contribution in [3.05, 3.63) is 40.4 Å². The van der Waals surface area contributed by atoms with Crippen molar-refractivity contribution in [2.75, 3.05) is 19.8 Å². The van der Waals surface area contributed by atoms with E-state index in [0.717, 1.165) is 30.6 Å². The Morgan fingerprint density at radius 3 is 2.91 bits per heavy atom. The van der Waals surface area contributed by atoms with E-state index < -0.39 is 0 Å². The van der Waals surface area contributed by atoms with Crippen LogP contribution in [0.15, 0.2) is 24.3 Å². The molecule has 126 valence electrons. The van der Waals surface area contributed by atoms with Crippen LogP contribution in [-0.4, -0.2) is 31.9 Å². The Morgan fingerprint density at radius 1 is 1.48 bits per heavy atom. The van der Waals surface area contributed by atoms with Crippen molar-refractivity contribution in [2.45, 2.75) is 38.9 Å². The zero-order valence-electron chi connectivity index (χ0n) is 13.6. The van der Waals surface area contributed by atoms with Gasteiger partial charge in [-0.2, -0.15) is 0 Å². The minimum Gasteiger partial charge on any atom is -0.463 e. The molecule has 1 aromatic carbocycles. The number of carbonyl (C=O) groups excluding carboxylic acids is 1. The van der Waals surface area contributed by atoms with Gasteiger partial charge in [0.25, 0.3) is 0 Å². The Kier molecular flexibility index (Phi) is 7.09. The molecule has 1 saturated heterocycles. The van der Waals surface area contributed by atoms with Gasteiger partial charge in [0, 0.05) is 11.1 Å². The molecule has 0 aromatic heterocycles. The Labute approximate surface area is 142 Å². The van der Waals surface area contributed by atoms with Crippen LogP contribution in [-0.2, 0) is 19.0 Å². The van der Waals surface area contributed by atoms with Crippen LogP contribution in [0.2, 0.25) is 5.02 Å². The first-order valence-corrected chi connectivity index (χ1v) is 8.39. The predicted octanol–water partition coefficient (Wildman–Crippen LogP) is 4.17. The smallest absolute Gasteiger partial charge is 0.330 e. The molecule has 2 atom stereocenters. The van der Waals surface area contributed by atoms with Crippen molar-refractivity contribution in [1.29, 1.82) is 0 Å². The summed E-state index contributed by atoms with van der Waals surface area (Å²) in [5.41, 5.74) is 1.79. The molecule has 1 unspecified atom stereocenters. The summed E-state index contributed by atoms with van der Waals surface area (Å²) < 4.78 is 16.1. The first-order chi connectivity index (χ1) is 11.2. The summed E-state index contributed by atoms with van der Waals surface area (Å²) >= 11 is 6.33. The Morgan fingerprint density at radius 2 is 2.26 bits per heavy atom. The topological polar surface area (TPSA) is 48.1 Å². The van der Waals surface area contributed by atoms with Crippen LogP contribution in [0.5, 0.6) is 0 Å². The lowest BCUT2D eigenvalue weighted by Crippen LogP contribution is -2.10. The summed E-state index contributed by atoms with van der Waals surface area (Å²) in [7, 11) is 0. The highest BCUT2D eigenvalue weighted by molar-refractivity contribution is 6.32. The number of hydrogen-bond donors (Lipinski definition) is 0. The SMILES string of the molecule is CCC[C@@H](OCC1CO1)c1cccc(Cl)c1/C=C/C(=O)OCC. The van der Waals surface area contributed by atoms with Gasteiger partial charge in [0.05, 0.1) is 25.9 Å². The average molecular weight is 339 g/mol. The van der Waals surface area contributed by atoms with Crippen LogP contribution in [0, 0.1) is 0 Å². The lowest BCUT2D eigenvalue weighted by molar-refractivity contribution is -0.137. The van der Waals surface area contributed by atoms with E-state index in [4.69, 9.17) is 25.8 Å². The molecule has 4 nitrogen and oxygen atoms in total. The van der Waals surface area contributed by atoms with Crippen molar-refractivity contribution >= 4 is 23.6 Å². The molecule has 1 heterocycles. The summed E-state index contributed by atoms with van der Waals surface area (Å²) in [6.45, 7) is 5.59. The fourth-order valence-corrected chi connectivity index (χ4v) is 2.58. The van der Waals surface area contributed by atoms with E-state index in [2.05, 4.69) is 6.92 Å². The number of epoxide rings is 1. The van der Waals surface area contributed by atoms with E-state index in [0.29, 0.717) is 18.2 Å². The third kappa shape index (κ3) is 5.65. The molecule has 2 rings (SSSR count). The molecule has 0 saturated carbocycles. The third-order valence-electron chi connectivity index (χ3n) is 3.54. The average Bonchev–Trinajstić information content (AvgIpc) is 3.34. The summed E-state index contributed by atoms with van der Waals surface area (Å²) in [5, 5.41) is 0.593. The number of benzene rings is 1. The normalized spacial score (nSPS) is 18.1. The molecule has 1 aromatic rings. The van der Waals surface area contributed by atoms with Crippen molar-refractivity contribution in [2.24, 2.45) is 0 Å². The van der Waals surface area contributed by atoms with E-state index in [1.165, 1.54) is 6.08 Å². The number of ether oxygens (including phenoxy) is 3. The van der Waals surface area contributed by atoms with Crippen LogP contribution < -0.4 is 0 Å². The second-order valence-electron chi connectivity index (χ2n) is 5.39. The molecule has 0 N–H and O–H groups in total. The Balaban J connectivity index is 2.20. The molecule has 1 aliphatic heterocycles. The van der Waals surface area contributed by atoms with Crippen LogP contribution in [0.3, 0.4) is 0 Å². The van der Waals surface area contributed by atoms with E-state index in [9.17, 15) is 4.79 Å². The molecule has 23 heavy (non-hydrogen) atoms. The maximum absolute atomic E-state index is 11.6. The van der Waals surface area contributed by atoms with Crippen molar-refractivity contribution in [3.63, 3.8) is 0 Å². The minimum atomic E-state index is -0.377. The van der Waals surface area contributed by atoms with E-state index >= 15 is 0 Å². The first-order valence-electron chi connectivity index (χ1n) is 8.02. The molecule has 1 aliphatic rings. The predicted molar refractivity (Wildman–Crippen MR) is 90.5 cm³/mol. The second-order valence-corrected chi connectivity index (χ2v) is 5.80. The van der Waals surface area contributed by atoms with Crippen molar-refractivity contribution in [1.82, 2.24) is 0 Å². The van der Waals surface area contributed by atoms with Crippen molar-refractivity contribution < 1.29 is 19.0 Å². The maximum Gasteiger partial charge on any atom is 0.330 e. The van der Waals surface area contributed by atoms with Gasteiger partial charge in [-0.25, -0.2) is 4.79 Å². The summed E-state index contributed by atoms with van der Waals surface area (Å²) in [5.74, 6) is -0.377. The van der Waals surface area contributed by atoms with Crippen LogP contribution in [0.4, 0.5) is 0 Å². The maximum atomic E-state index is 11.6. The fraction of sp³-hybridized carbons (Fsp3) is 0.500. The minimum absolute atomic E-state index is 0.0651. The summed E-state index contributed by atoms with van der Waals surface area (Å²) in [4.78, 5) is 11.6. The van der Waals surface area contributed by atoms with Gasteiger partial charge in [-0.05, 0) is 36.6 Å². The van der Waals surface area contributed by atoms with Gasteiger partial charge in [-0.15, -0.1) is 0 Å². The summed E-state index contributed by atoms with van der Waals surface area (Å²) in [6.07, 6.45) is 5.13. The summed E-state index contributed by atoms with van der Waals surface area (Å²) in [6, 6.07) is 5.70. The number of halogens is 1. The zero-order valence-corrected chi connectivity index (χ0v) is 14.3. The second kappa shape index (κ2) is 9.06. The Hall–Kier alpha value is -1.36. The zero-order chi connectivity index (χ0) is 16.7.